The molecule has 4 rings (SSSR count). The van der Waals surface area contributed by atoms with E-state index in [1.807, 2.05) is 25.5 Å². The Morgan fingerprint density at radius 2 is 1.74 bits per heavy atom. The SMILES string of the molecule is CC(C)(C)COC(=O)Cc1ccc2c(c1)N(S(=O)(=O)c1ccc(F)cc1)C[C@H](CC(=O)NS(=O)(=O)C1CC1)O2. The van der Waals surface area contributed by atoms with E-state index < -0.39 is 55.5 Å². The molecule has 2 aliphatic rings. The number of nitrogens with zero attached hydrogens (tertiary/aromatic N) is 1. The summed E-state index contributed by atoms with van der Waals surface area (Å²) in [5.41, 5.74) is 0.378. The summed E-state index contributed by atoms with van der Waals surface area (Å²) in [7, 11) is -8.04. The van der Waals surface area contributed by atoms with Gasteiger partial charge >= 0.3 is 5.97 Å². The lowest BCUT2D eigenvalue weighted by Gasteiger charge is -2.35. The largest absolute Gasteiger partial charge is 0.486 e. The fourth-order valence-electron chi connectivity index (χ4n) is 3.92. The van der Waals surface area contributed by atoms with Gasteiger partial charge in [0.15, 0.2) is 0 Å². The predicted octanol–water partition coefficient (Wildman–Crippen LogP) is 2.91. The molecule has 13 heteroatoms. The Bertz CT molecular complexity index is 1460. The molecule has 1 amide bonds. The average Bonchev–Trinajstić information content (AvgIpc) is 3.68. The van der Waals surface area contributed by atoms with Crippen LogP contribution in [-0.2, 0) is 40.8 Å². The zero-order valence-electron chi connectivity index (χ0n) is 21.8. The van der Waals surface area contributed by atoms with E-state index in [-0.39, 0.29) is 41.3 Å². The Hall–Kier alpha value is -3.19. The zero-order chi connectivity index (χ0) is 28.6. The summed E-state index contributed by atoms with van der Waals surface area (Å²) in [5.74, 6) is -1.78. The van der Waals surface area contributed by atoms with Gasteiger partial charge in [0.05, 0.1) is 41.8 Å². The Labute approximate surface area is 227 Å². The summed E-state index contributed by atoms with van der Waals surface area (Å²) in [6.07, 6.45) is -0.581. The molecule has 1 saturated carbocycles. The second-order valence-electron chi connectivity index (χ2n) is 10.9. The topological polar surface area (TPSA) is 136 Å². The lowest BCUT2D eigenvalue weighted by molar-refractivity contribution is -0.145. The number of nitrogens with one attached hydrogen (secondary N) is 1. The standard InChI is InChI=1S/C26H31FN2O8S2/c1-26(2,3)16-36-25(31)13-17-4-11-23-22(12-17)29(39(34,35)21-7-5-18(27)6-8-21)15-19(37-23)14-24(30)28-38(32,33)20-9-10-20/h4-8,11-12,19-20H,9-10,13-16H2,1-3H3,(H,28,30)/t19-/m0/s1. The number of fused-ring (bicyclic) bond motifs is 1. The molecule has 1 fully saturated rings. The number of hydrogen-bond acceptors (Lipinski definition) is 8. The Kier molecular flexibility index (Phi) is 7.95. The van der Waals surface area contributed by atoms with Gasteiger partial charge in [0.2, 0.25) is 15.9 Å². The maximum atomic E-state index is 13.6. The molecule has 0 unspecified atom stereocenters. The van der Waals surface area contributed by atoms with Crippen LogP contribution in [0, 0.1) is 11.2 Å². The number of carbonyl (C=O) groups is 2. The molecule has 1 N–H and O–H groups in total. The fourth-order valence-corrected chi connectivity index (χ4v) is 6.74. The summed E-state index contributed by atoms with van der Waals surface area (Å²) >= 11 is 0. The van der Waals surface area contributed by atoms with E-state index in [2.05, 4.69) is 0 Å². The molecule has 0 saturated heterocycles. The van der Waals surface area contributed by atoms with Crippen LogP contribution >= 0.6 is 0 Å². The minimum absolute atomic E-state index is 0.112. The molecule has 1 atom stereocenters. The number of anilines is 1. The molecule has 1 aliphatic carbocycles. The molecule has 10 nitrogen and oxygen atoms in total. The van der Waals surface area contributed by atoms with Gasteiger partial charge in [-0.2, -0.15) is 0 Å². The van der Waals surface area contributed by atoms with E-state index in [1.165, 1.54) is 12.1 Å². The molecule has 1 heterocycles. The number of halogens is 1. The van der Waals surface area contributed by atoms with Crippen molar-refractivity contribution in [1.82, 2.24) is 4.72 Å². The maximum absolute atomic E-state index is 13.6. The van der Waals surface area contributed by atoms with Gasteiger partial charge in [-0.25, -0.2) is 21.2 Å². The lowest BCUT2D eigenvalue weighted by atomic mass is 9.99. The van der Waals surface area contributed by atoms with Crippen molar-refractivity contribution in [2.24, 2.45) is 5.41 Å². The van der Waals surface area contributed by atoms with Crippen molar-refractivity contribution in [2.45, 2.75) is 62.7 Å². The van der Waals surface area contributed by atoms with Gasteiger partial charge < -0.3 is 9.47 Å². The summed E-state index contributed by atoms with van der Waals surface area (Å²) in [6, 6.07) is 8.84. The Morgan fingerprint density at radius 3 is 2.36 bits per heavy atom. The van der Waals surface area contributed by atoms with Gasteiger partial charge in [-0.3, -0.25) is 18.6 Å². The highest BCUT2D eigenvalue weighted by Crippen LogP contribution is 2.38. The average molecular weight is 583 g/mol. The highest BCUT2D eigenvalue weighted by Gasteiger charge is 2.39. The van der Waals surface area contributed by atoms with E-state index in [9.17, 15) is 30.8 Å². The molecular formula is C26H31FN2O8S2. The second-order valence-corrected chi connectivity index (χ2v) is 14.7. The zero-order valence-corrected chi connectivity index (χ0v) is 23.5. The summed E-state index contributed by atoms with van der Waals surface area (Å²) < 4.78 is 79.3. The van der Waals surface area contributed by atoms with Crippen molar-refractivity contribution in [3.63, 3.8) is 0 Å². The van der Waals surface area contributed by atoms with Crippen molar-refractivity contribution < 1.29 is 40.3 Å². The minimum atomic E-state index is -4.25. The molecule has 39 heavy (non-hydrogen) atoms. The Balaban J connectivity index is 1.61. The van der Waals surface area contributed by atoms with Crippen molar-refractivity contribution in [2.75, 3.05) is 17.5 Å². The smallest absolute Gasteiger partial charge is 0.310 e. The van der Waals surface area contributed by atoms with Crippen molar-refractivity contribution in [3.8, 4) is 5.75 Å². The monoisotopic (exact) mass is 582 g/mol. The van der Waals surface area contributed by atoms with E-state index in [0.717, 1.165) is 28.6 Å². The fraction of sp³-hybridized carbons (Fsp3) is 0.462. The number of amides is 1. The van der Waals surface area contributed by atoms with Crippen LogP contribution in [0.3, 0.4) is 0 Å². The van der Waals surface area contributed by atoms with Gasteiger partial charge in [-0.15, -0.1) is 0 Å². The molecule has 1 aliphatic heterocycles. The Morgan fingerprint density at radius 1 is 1.08 bits per heavy atom. The summed E-state index contributed by atoms with van der Waals surface area (Å²) in [5, 5.41) is -0.599. The van der Waals surface area contributed by atoms with Crippen LogP contribution < -0.4 is 13.8 Å². The van der Waals surface area contributed by atoms with Crippen molar-refractivity contribution in [3.05, 3.63) is 53.8 Å². The van der Waals surface area contributed by atoms with Crippen LogP contribution in [0.25, 0.3) is 0 Å². The summed E-state index contributed by atoms with van der Waals surface area (Å²) in [6.45, 7) is 5.67. The normalized spacial score (nSPS) is 17.6. The number of benzene rings is 2. The first kappa shape index (κ1) is 28.8. The van der Waals surface area contributed by atoms with Crippen LogP contribution in [-0.4, -0.2) is 53.2 Å². The van der Waals surface area contributed by atoms with Gasteiger partial charge in [0.1, 0.15) is 17.7 Å². The van der Waals surface area contributed by atoms with Crippen LogP contribution in [0.5, 0.6) is 5.75 Å². The molecule has 2 aromatic rings. The number of hydrogen-bond donors (Lipinski definition) is 1. The van der Waals surface area contributed by atoms with E-state index in [0.29, 0.717) is 18.4 Å². The highest BCUT2D eigenvalue weighted by atomic mass is 32.2. The molecular weight excluding hydrogens is 551 g/mol. The highest BCUT2D eigenvalue weighted by molar-refractivity contribution is 7.92. The predicted molar refractivity (Wildman–Crippen MR) is 141 cm³/mol. The van der Waals surface area contributed by atoms with Gasteiger partial charge in [0.25, 0.3) is 10.0 Å². The number of ether oxygens (including phenoxy) is 2. The van der Waals surface area contributed by atoms with Crippen LogP contribution in [0.2, 0.25) is 0 Å². The first-order valence-corrected chi connectivity index (χ1v) is 15.4. The van der Waals surface area contributed by atoms with E-state index in [4.69, 9.17) is 9.47 Å². The summed E-state index contributed by atoms with van der Waals surface area (Å²) in [4.78, 5) is 24.7. The number of sulfonamides is 2. The van der Waals surface area contributed by atoms with Gasteiger partial charge in [-0.1, -0.05) is 26.8 Å². The number of esters is 1. The third-order valence-corrected chi connectivity index (χ3v) is 9.66. The lowest BCUT2D eigenvalue weighted by Crippen LogP contribution is -2.46. The maximum Gasteiger partial charge on any atom is 0.310 e. The van der Waals surface area contributed by atoms with Crippen molar-refractivity contribution >= 4 is 37.6 Å². The molecule has 0 bridgehead atoms. The first-order chi connectivity index (χ1) is 18.1. The van der Waals surface area contributed by atoms with E-state index in [1.54, 1.807) is 6.07 Å². The number of rotatable bonds is 9. The first-order valence-electron chi connectivity index (χ1n) is 12.4. The molecule has 2 aromatic carbocycles. The quantitative estimate of drug-likeness (QED) is 0.446. The third kappa shape index (κ3) is 7.27. The third-order valence-electron chi connectivity index (χ3n) is 6.00. The minimum Gasteiger partial charge on any atom is -0.486 e. The van der Waals surface area contributed by atoms with E-state index >= 15 is 0 Å². The number of carbonyl (C=O) groups excluding carboxylic acids is 2. The molecule has 0 aromatic heterocycles. The van der Waals surface area contributed by atoms with Gasteiger partial charge in [-0.05, 0) is 60.2 Å². The molecule has 0 radical (unpaired) electrons. The second kappa shape index (κ2) is 10.8. The van der Waals surface area contributed by atoms with Crippen molar-refractivity contribution in [1.29, 1.82) is 0 Å². The van der Waals surface area contributed by atoms with Crippen LogP contribution in [0.15, 0.2) is 47.4 Å². The van der Waals surface area contributed by atoms with Crippen LogP contribution in [0.4, 0.5) is 10.1 Å². The molecule has 212 valence electrons. The van der Waals surface area contributed by atoms with Crippen LogP contribution in [0.1, 0.15) is 45.6 Å². The molecule has 0 spiro atoms. The van der Waals surface area contributed by atoms with Gasteiger partial charge in [0, 0.05) is 0 Å².